The van der Waals surface area contributed by atoms with Gasteiger partial charge in [-0.3, -0.25) is 4.79 Å². The van der Waals surface area contributed by atoms with Crippen LogP contribution in [0, 0.1) is 5.92 Å². The first-order valence-corrected chi connectivity index (χ1v) is 17.1. The predicted molar refractivity (Wildman–Crippen MR) is 167 cm³/mol. The third-order valence-electron chi connectivity index (χ3n) is 7.94. The van der Waals surface area contributed by atoms with Crippen molar-refractivity contribution in [3.8, 4) is 0 Å². The lowest BCUT2D eigenvalue weighted by Crippen LogP contribution is -2.39. The Morgan fingerprint density at radius 1 is 1.11 bits per heavy atom. The van der Waals surface area contributed by atoms with Crippen LogP contribution in [-0.2, 0) is 24.1 Å². The van der Waals surface area contributed by atoms with Crippen molar-refractivity contribution in [2.75, 3.05) is 30.9 Å². The molecular formula is C31H35Cl2F2N3O6S. The van der Waals surface area contributed by atoms with E-state index in [1.807, 2.05) is 0 Å². The molecule has 2 heterocycles. The van der Waals surface area contributed by atoms with Gasteiger partial charge in [0.15, 0.2) is 9.84 Å². The quantitative estimate of drug-likeness (QED) is 0.228. The van der Waals surface area contributed by atoms with E-state index in [0.29, 0.717) is 11.3 Å². The highest BCUT2D eigenvalue weighted by atomic mass is 35.5. The molecule has 1 saturated heterocycles. The number of hydrogen-bond donors (Lipinski definition) is 0. The molecule has 0 spiro atoms. The molecule has 2 aliphatic rings. The van der Waals surface area contributed by atoms with Gasteiger partial charge in [-0.15, -0.1) is 0 Å². The molecule has 1 atom stereocenters. The molecule has 0 N–H and O–H groups in total. The second-order valence-corrected chi connectivity index (χ2v) is 15.5. The number of imidazole rings is 1. The van der Waals surface area contributed by atoms with Crippen molar-refractivity contribution >= 4 is 61.8 Å². The van der Waals surface area contributed by atoms with Crippen molar-refractivity contribution in [1.82, 2.24) is 9.55 Å². The Morgan fingerprint density at radius 2 is 1.73 bits per heavy atom. The van der Waals surface area contributed by atoms with Crippen LogP contribution in [0.3, 0.4) is 0 Å². The molecule has 3 aromatic rings. The summed E-state index contributed by atoms with van der Waals surface area (Å²) in [7, 11) is -2.27. The van der Waals surface area contributed by atoms with Gasteiger partial charge in [0, 0.05) is 25.9 Å². The number of sulfone groups is 1. The number of benzene rings is 2. The van der Waals surface area contributed by atoms with Gasteiger partial charge < -0.3 is 14.4 Å². The Balaban J connectivity index is 1.66. The van der Waals surface area contributed by atoms with Crippen LogP contribution in [0.2, 0.25) is 10.0 Å². The normalized spacial score (nSPS) is 17.7. The maximum Gasteiger partial charge on any atom is 0.420 e. The number of aromatic nitrogens is 2. The Hall–Kier alpha value is -2.96. The molecule has 1 aromatic heterocycles. The van der Waals surface area contributed by atoms with E-state index < -0.39 is 39.3 Å². The van der Waals surface area contributed by atoms with E-state index in [4.69, 9.17) is 37.7 Å². The highest BCUT2D eigenvalue weighted by Crippen LogP contribution is 2.44. The van der Waals surface area contributed by atoms with Gasteiger partial charge in [-0.1, -0.05) is 35.3 Å². The number of piperidine rings is 1. The zero-order valence-electron chi connectivity index (χ0n) is 25.4. The van der Waals surface area contributed by atoms with Gasteiger partial charge in [-0.2, -0.15) is 0 Å². The molecule has 0 amide bonds. The van der Waals surface area contributed by atoms with Crippen LogP contribution in [-0.4, -0.2) is 67.5 Å². The molecule has 1 saturated carbocycles. The zero-order valence-corrected chi connectivity index (χ0v) is 27.7. The number of ether oxygens (including phenoxy) is 2. The van der Waals surface area contributed by atoms with Crippen molar-refractivity contribution in [2.24, 2.45) is 5.92 Å². The summed E-state index contributed by atoms with van der Waals surface area (Å²) in [5.41, 5.74) is 0.252. The fourth-order valence-corrected chi connectivity index (χ4v) is 7.86. The van der Waals surface area contributed by atoms with E-state index in [9.17, 15) is 26.8 Å². The largest absolute Gasteiger partial charge is 0.469 e. The van der Waals surface area contributed by atoms with E-state index in [1.165, 1.54) is 29.9 Å². The summed E-state index contributed by atoms with van der Waals surface area (Å²) in [6.07, 6.45) is -0.0337. The van der Waals surface area contributed by atoms with Crippen molar-refractivity contribution < 1.29 is 36.3 Å². The Morgan fingerprint density at radius 3 is 2.29 bits per heavy atom. The number of nitrogens with zero attached hydrogens (tertiary/aromatic N) is 3. The summed E-state index contributed by atoms with van der Waals surface area (Å²) in [6, 6.07) is 7.60. The van der Waals surface area contributed by atoms with Crippen molar-refractivity contribution in [3.63, 3.8) is 0 Å². The average Bonchev–Trinajstić information content (AvgIpc) is 3.67. The number of carbonyl (C=O) groups is 2. The lowest BCUT2D eigenvalue weighted by molar-refractivity contribution is -0.140. The number of anilines is 1. The highest BCUT2D eigenvalue weighted by molar-refractivity contribution is 7.91. The lowest BCUT2D eigenvalue weighted by atomic mass is 9.95. The zero-order chi connectivity index (χ0) is 32.9. The molecule has 14 heteroatoms. The summed E-state index contributed by atoms with van der Waals surface area (Å²) in [5.74, 6) is -3.98. The molecule has 1 aliphatic carbocycles. The predicted octanol–water partition coefficient (Wildman–Crippen LogP) is 7.24. The maximum atomic E-state index is 13.9. The molecule has 5 rings (SSSR count). The van der Waals surface area contributed by atoms with Gasteiger partial charge in [0.2, 0.25) is 0 Å². The first-order chi connectivity index (χ1) is 21.0. The molecule has 9 nitrogen and oxygen atoms in total. The number of methoxy groups -OCH3 is 1. The average molecular weight is 687 g/mol. The summed E-state index contributed by atoms with van der Waals surface area (Å²) in [5, 5.41) is 0.188. The number of esters is 1. The molecule has 45 heavy (non-hydrogen) atoms. The molecule has 244 valence electrons. The first kappa shape index (κ1) is 33.4. The number of carbonyl (C=O) groups excluding carboxylic acids is 2. The monoisotopic (exact) mass is 685 g/mol. The molecule has 0 radical (unpaired) electrons. The van der Waals surface area contributed by atoms with E-state index >= 15 is 0 Å². The third kappa shape index (κ3) is 7.38. The second kappa shape index (κ2) is 12.3. The van der Waals surface area contributed by atoms with Gasteiger partial charge in [0.25, 0.3) is 5.92 Å². The molecule has 1 aliphatic heterocycles. The standard InChI is InChI=1S/C31H35Cl2F2N3O6S/c1-30(2,3)44-29(40)38-23-16-22(32)27(37-13-11-31(34,35)12-14-37)25(33)26(23)36-28(38)21(15-24(39)43-4)19-7-9-20(10-8-19)45(41,42)17-18-5-6-18/h7-10,16,18,21H,5-6,11-15,17H2,1-4H3. The van der Waals surface area contributed by atoms with Gasteiger partial charge in [0.1, 0.15) is 16.9 Å². The SMILES string of the molecule is COC(=O)CC(c1ccc(S(=O)(=O)CC2CC2)cc1)c1nc2c(Cl)c(N3CCC(F)(F)CC3)c(Cl)cc2n1C(=O)OC(C)(C)C. The molecule has 1 unspecified atom stereocenters. The third-order valence-corrected chi connectivity index (χ3v) is 10.5. The minimum absolute atomic E-state index is 0.0124. The Bertz CT molecular complexity index is 1720. The van der Waals surface area contributed by atoms with Crippen molar-refractivity contribution in [3.05, 3.63) is 51.8 Å². The number of halogens is 4. The smallest absolute Gasteiger partial charge is 0.420 e. The second-order valence-electron chi connectivity index (χ2n) is 12.6. The lowest BCUT2D eigenvalue weighted by Gasteiger charge is -2.34. The van der Waals surface area contributed by atoms with E-state index in [2.05, 4.69) is 0 Å². The van der Waals surface area contributed by atoms with Gasteiger partial charge >= 0.3 is 12.1 Å². The van der Waals surface area contributed by atoms with E-state index in [1.54, 1.807) is 37.8 Å². The number of rotatable bonds is 8. The van der Waals surface area contributed by atoms with Crippen molar-refractivity contribution in [1.29, 1.82) is 0 Å². The summed E-state index contributed by atoms with van der Waals surface area (Å²) in [6.45, 7) is 5.11. The van der Waals surface area contributed by atoms with Crippen LogP contribution >= 0.6 is 23.2 Å². The van der Waals surface area contributed by atoms with Crippen LogP contribution < -0.4 is 4.90 Å². The number of alkyl halides is 2. The summed E-state index contributed by atoms with van der Waals surface area (Å²) < 4.78 is 65.5. The number of hydrogen-bond acceptors (Lipinski definition) is 8. The number of fused-ring (bicyclic) bond motifs is 1. The van der Waals surface area contributed by atoms with E-state index in [-0.39, 0.29) is 75.8 Å². The van der Waals surface area contributed by atoms with Gasteiger partial charge in [-0.25, -0.2) is 31.5 Å². The Kier molecular flexibility index (Phi) is 9.16. The fourth-order valence-electron chi connectivity index (χ4n) is 5.44. The minimum atomic E-state index is -3.50. The minimum Gasteiger partial charge on any atom is -0.469 e. The maximum absolute atomic E-state index is 13.9. The first-order valence-electron chi connectivity index (χ1n) is 14.7. The Labute approximate surface area is 270 Å². The van der Waals surface area contributed by atoms with E-state index in [0.717, 1.165) is 12.8 Å². The van der Waals surface area contributed by atoms with Crippen molar-refractivity contribution in [2.45, 2.75) is 75.2 Å². The van der Waals surface area contributed by atoms with Gasteiger partial charge in [-0.05, 0) is 63.3 Å². The van der Waals surface area contributed by atoms with Crippen LogP contribution in [0.5, 0.6) is 0 Å². The molecule has 2 aromatic carbocycles. The highest BCUT2D eigenvalue weighted by Gasteiger charge is 2.37. The molecular weight excluding hydrogens is 651 g/mol. The molecule has 2 fully saturated rings. The van der Waals surface area contributed by atoms with Gasteiger partial charge in [0.05, 0.1) is 51.3 Å². The summed E-state index contributed by atoms with van der Waals surface area (Å²) in [4.78, 5) is 33.0. The van der Waals surface area contributed by atoms with Crippen LogP contribution in [0.4, 0.5) is 19.3 Å². The fraction of sp³-hybridized carbons (Fsp3) is 0.516. The van der Waals surface area contributed by atoms with Crippen LogP contribution in [0.1, 0.15) is 70.2 Å². The van der Waals surface area contributed by atoms with Crippen LogP contribution in [0.15, 0.2) is 35.2 Å². The molecule has 0 bridgehead atoms. The van der Waals surface area contributed by atoms with Crippen LogP contribution in [0.25, 0.3) is 11.0 Å². The summed E-state index contributed by atoms with van der Waals surface area (Å²) >= 11 is 13.6. The topological polar surface area (TPSA) is 108 Å².